The molecule has 1 fully saturated rings. The van der Waals surface area contributed by atoms with Gasteiger partial charge in [0.2, 0.25) is 0 Å². The SMILES string of the molecule is CC(C)N1[C@H]2CCNc3ccccc3CN(C(=O)c3ccnnc3)C[C@@H]1CC2. The first-order chi connectivity index (χ1) is 13.6. The lowest BCUT2D eigenvalue weighted by atomic mass is 10.1. The fraction of sp³-hybridized carbons (Fsp3) is 0.500. The Morgan fingerprint density at radius 1 is 1.11 bits per heavy atom. The van der Waals surface area contributed by atoms with E-state index < -0.39 is 0 Å². The molecule has 0 spiro atoms. The molecule has 3 heterocycles. The van der Waals surface area contributed by atoms with Crippen LogP contribution in [0.15, 0.2) is 42.7 Å². The van der Waals surface area contributed by atoms with Crippen LogP contribution in [0, 0.1) is 0 Å². The summed E-state index contributed by atoms with van der Waals surface area (Å²) < 4.78 is 0. The van der Waals surface area contributed by atoms with E-state index in [1.807, 2.05) is 11.0 Å². The van der Waals surface area contributed by atoms with Crippen molar-refractivity contribution < 1.29 is 4.79 Å². The number of rotatable bonds is 2. The van der Waals surface area contributed by atoms with Gasteiger partial charge in [-0.15, -0.1) is 0 Å². The lowest BCUT2D eigenvalue weighted by molar-refractivity contribution is 0.0633. The maximum atomic E-state index is 13.3. The van der Waals surface area contributed by atoms with Crippen molar-refractivity contribution in [1.29, 1.82) is 0 Å². The van der Waals surface area contributed by atoms with Gasteiger partial charge in [0.15, 0.2) is 0 Å². The fourth-order valence-electron chi connectivity index (χ4n) is 4.79. The Morgan fingerprint density at radius 3 is 2.71 bits per heavy atom. The summed E-state index contributed by atoms with van der Waals surface area (Å²) in [4.78, 5) is 17.9. The third kappa shape index (κ3) is 3.87. The summed E-state index contributed by atoms with van der Waals surface area (Å²) in [6, 6.07) is 11.5. The van der Waals surface area contributed by atoms with E-state index in [0.717, 1.165) is 37.2 Å². The average Bonchev–Trinajstić information content (AvgIpc) is 3.09. The van der Waals surface area contributed by atoms with Crippen LogP contribution in [0.25, 0.3) is 0 Å². The third-order valence-corrected chi connectivity index (χ3v) is 5.99. The van der Waals surface area contributed by atoms with Crippen molar-refractivity contribution in [1.82, 2.24) is 20.0 Å². The van der Waals surface area contributed by atoms with Crippen LogP contribution in [0.5, 0.6) is 0 Å². The number of carbonyl (C=O) groups is 1. The molecule has 1 aromatic carbocycles. The molecule has 2 aliphatic heterocycles. The van der Waals surface area contributed by atoms with E-state index in [9.17, 15) is 4.79 Å². The van der Waals surface area contributed by atoms with Gasteiger partial charge in [-0.05, 0) is 50.8 Å². The highest BCUT2D eigenvalue weighted by Crippen LogP contribution is 2.31. The Balaban J connectivity index is 1.69. The standard InChI is InChI=1S/C22H29N5O/c1-16(2)27-19-7-8-20(27)15-26(22(28)17-9-12-24-25-13-17)14-18-5-3-4-6-21(18)23-11-10-19/h3-6,9,12-13,16,19-20,23H,7-8,10-11,14-15H2,1-2H3/t19-,20+/m1/s1. The third-order valence-electron chi connectivity index (χ3n) is 5.99. The second kappa shape index (κ2) is 8.27. The van der Waals surface area contributed by atoms with Crippen molar-refractivity contribution in [2.24, 2.45) is 0 Å². The minimum absolute atomic E-state index is 0.0242. The molecule has 2 atom stereocenters. The number of anilines is 1. The molecule has 2 aliphatic rings. The van der Waals surface area contributed by atoms with Crippen LogP contribution in [0.1, 0.15) is 49.0 Å². The molecule has 2 aromatic rings. The Hall–Kier alpha value is -2.47. The Kier molecular flexibility index (Phi) is 5.57. The summed E-state index contributed by atoms with van der Waals surface area (Å²) in [5.74, 6) is 0.0242. The van der Waals surface area contributed by atoms with Crippen LogP contribution in [-0.4, -0.2) is 57.1 Å². The van der Waals surface area contributed by atoms with Crippen LogP contribution >= 0.6 is 0 Å². The molecule has 1 saturated heterocycles. The predicted molar refractivity (Wildman–Crippen MR) is 110 cm³/mol. The number of carbonyl (C=O) groups excluding carboxylic acids is 1. The van der Waals surface area contributed by atoms with Crippen molar-refractivity contribution in [3.63, 3.8) is 0 Å². The number of nitrogens with one attached hydrogen (secondary N) is 1. The molecule has 6 nitrogen and oxygen atoms in total. The minimum atomic E-state index is 0.0242. The summed E-state index contributed by atoms with van der Waals surface area (Å²) in [7, 11) is 0. The highest BCUT2D eigenvalue weighted by molar-refractivity contribution is 5.93. The molecule has 4 rings (SSSR count). The summed E-state index contributed by atoms with van der Waals surface area (Å²) >= 11 is 0. The number of nitrogens with zero attached hydrogens (tertiary/aromatic N) is 4. The summed E-state index contributed by atoms with van der Waals surface area (Å²) in [6.07, 6.45) is 6.62. The van der Waals surface area contributed by atoms with E-state index in [0.29, 0.717) is 30.2 Å². The van der Waals surface area contributed by atoms with Crippen molar-refractivity contribution in [2.45, 2.75) is 57.8 Å². The largest absolute Gasteiger partial charge is 0.385 e. The van der Waals surface area contributed by atoms with Gasteiger partial charge in [-0.25, -0.2) is 0 Å². The second-order valence-corrected chi connectivity index (χ2v) is 8.12. The van der Waals surface area contributed by atoms with E-state index in [4.69, 9.17) is 0 Å². The number of fused-ring (bicyclic) bond motifs is 3. The first kappa shape index (κ1) is 18.9. The summed E-state index contributed by atoms with van der Waals surface area (Å²) in [5, 5.41) is 11.3. The first-order valence-corrected chi connectivity index (χ1v) is 10.3. The summed E-state index contributed by atoms with van der Waals surface area (Å²) in [5.41, 5.74) is 2.88. The lowest BCUT2D eigenvalue weighted by Gasteiger charge is -2.36. The van der Waals surface area contributed by atoms with Gasteiger partial charge < -0.3 is 10.2 Å². The molecule has 6 heteroatoms. The molecule has 2 bridgehead atoms. The van der Waals surface area contributed by atoms with Crippen LogP contribution in [0.4, 0.5) is 5.69 Å². The highest BCUT2D eigenvalue weighted by atomic mass is 16.2. The molecule has 0 radical (unpaired) electrons. The van der Waals surface area contributed by atoms with Crippen molar-refractivity contribution in [2.75, 3.05) is 18.4 Å². The number of hydrogen-bond donors (Lipinski definition) is 1. The monoisotopic (exact) mass is 379 g/mol. The number of aromatic nitrogens is 2. The molecular formula is C22H29N5O. The second-order valence-electron chi connectivity index (χ2n) is 8.12. The number of para-hydroxylation sites is 1. The Morgan fingerprint density at radius 2 is 1.93 bits per heavy atom. The van der Waals surface area contributed by atoms with Gasteiger partial charge in [0, 0.05) is 43.4 Å². The lowest BCUT2D eigenvalue weighted by Crippen LogP contribution is -2.48. The van der Waals surface area contributed by atoms with E-state index in [1.165, 1.54) is 6.42 Å². The van der Waals surface area contributed by atoms with Gasteiger partial charge in [-0.3, -0.25) is 9.69 Å². The van der Waals surface area contributed by atoms with Crippen LogP contribution in [0.3, 0.4) is 0 Å². The zero-order valence-corrected chi connectivity index (χ0v) is 16.7. The number of hydrogen-bond acceptors (Lipinski definition) is 5. The predicted octanol–water partition coefficient (Wildman–Crippen LogP) is 3.18. The molecule has 1 aromatic heterocycles. The maximum Gasteiger partial charge on any atom is 0.255 e. The van der Waals surface area contributed by atoms with Gasteiger partial charge in [0.25, 0.3) is 5.91 Å². The Labute approximate surface area is 166 Å². The smallest absolute Gasteiger partial charge is 0.255 e. The van der Waals surface area contributed by atoms with Crippen molar-refractivity contribution in [3.05, 3.63) is 53.9 Å². The molecule has 1 amide bonds. The summed E-state index contributed by atoms with van der Waals surface area (Å²) in [6.45, 7) is 6.83. The molecule has 28 heavy (non-hydrogen) atoms. The first-order valence-electron chi connectivity index (χ1n) is 10.3. The van der Waals surface area contributed by atoms with Gasteiger partial charge in [-0.1, -0.05) is 18.2 Å². The normalized spacial score (nSPS) is 23.0. The zero-order chi connectivity index (χ0) is 19.5. The van der Waals surface area contributed by atoms with E-state index >= 15 is 0 Å². The average molecular weight is 380 g/mol. The van der Waals surface area contributed by atoms with Crippen molar-refractivity contribution >= 4 is 11.6 Å². The van der Waals surface area contributed by atoms with Crippen molar-refractivity contribution in [3.8, 4) is 0 Å². The quantitative estimate of drug-likeness (QED) is 0.868. The van der Waals surface area contributed by atoms with E-state index in [2.05, 4.69) is 52.5 Å². The van der Waals surface area contributed by atoms with E-state index in [-0.39, 0.29) is 5.91 Å². The van der Waals surface area contributed by atoms with Crippen LogP contribution in [-0.2, 0) is 6.54 Å². The molecule has 0 aliphatic carbocycles. The highest BCUT2D eigenvalue weighted by Gasteiger charge is 2.37. The molecule has 148 valence electrons. The fourth-order valence-corrected chi connectivity index (χ4v) is 4.79. The molecule has 1 N–H and O–H groups in total. The minimum Gasteiger partial charge on any atom is -0.385 e. The van der Waals surface area contributed by atoms with Crippen LogP contribution in [0.2, 0.25) is 0 Å². The molecule has 0 unspecified atom stereocenters. The topological polar surface area (TPSA) is 61.4 Å². The molecular weight excluding hydrogens is 350 g/mol. The maximum absolute atomic E-state index is 13.3. The van der Waals surface area contributed by atoms with Gasteiger partial charge in [0.1, 0.15) is 0 Å². The van der Waals surface area contributed by atoms with E-state index in [1.54, 1.807) is 18.5 Å². The van der Waals surface area contributed by atoms with Crippen LogP contribution < -0.4 is 5.32 Å². The number of benzene rings is 1. The van der Waals surface area contributed by atoms with Gasteiger partial charge in [-0.2, -0.15) is 10.2 Å². The van der Waals surface area contributed by atoms with Gasteiger partial charge in [0.05, 0.1) is 18.0 Å². The zero-order valence-electron chi connectivity index (χ0n) is 16.7. The Bertz CT molecular complexity index is 810. The molecule has 0 saturated carbocycles. The number of amides is 1. The van der Waals surface area contributed by atoms with Gasteiger partial charge >= 0.3 is 0 Å².